The molecule has 0 aliphatic carbocycles. The molecule has 0 rings (SSSR count). The average molecular weight is 845 g/mol. The van der Waals surface area contributed by atoms with E-state index in [4.69, 9.17) is 14.2 Å². The van der Waals surface area contributed by atoms with Gasteiger partial charge in [-0.2, -0.15) is 0 Å². The molecule has 0 heterocycles. The number of allylic oxidation sites excluding steroid dienone is 4. The summed E-state index contributed by atoms with van der Waals surface area (Å²) >= 11 is 0. The SMILES string of the molecule is CCCCCCC/C=C\CCCCCCCC(=O)OC(COC(=O)CCCCCCCCC/C=C\CCCCCCCCC)COC(=O)CCCCCCCCCCCC. The summed E-state index contributed by atoms with van der Waals surface area (Å²) in [4.78, 5) is 37.9. The standard InChI is InChI=1S/C54H100O6/c1-4-7-10-13-16-19-22-24-26-27-28-29-31-32-35-38-41-44-47-53(56)59-50-51(49-58-52(55)46-43-40-37-34-21-18-15-12-9-6-3)60-54(57)48-45-42-39-36-33-30-25-23-20-17-14-11-8-5-2/h23,25-27,51H,4-22,24,28-50H2,1-3H3/b25-23-,27-26-. The molecule has 352 valence electrons. The summed E-state index contributed by atoms with van der Waals surface area (Å²) in [6, 6.07) is 0. The third kappa shape index (κ3) is 46.9. The molecule has 6 nitrogen and oxygen atoms in total. The molecule has 0 aliphatic rings. The van der Waals surface area contributed by atoms with Gasteiger partial charge in [0.25, 0.3) is 0 Å². The summed E-state index contributed by atoms with van der Waals surface area (Å²) in [6.45, 7) is 6.63. The van der Waals surface area contributed by atoms with Crippen molar-refractivity contribution >= 4 is 17.9 Å². The molecule has 0 fully saturated rings. The number of hydrogen-bond acceptors (Lipinski definition) is 6. The van der Waals surface area contributed by atoms with Crippen molar-refractivity contribution in [3.05, 3.63) is 24.3 Å². The number of rotatable bonds is 48. The van der Waals surface area contributed by atoms with Gasteiger partial charge in [0.15, 0.2) is 6.10 Å². The minimum absolute atomic E-state index is 0.0726. The van der Waals surface area contributed by atoms with Gasteiger partial charge in [0.1, 0.15) is 13.2 Å². The number of hydrogen-bond donors (Lipinski definition) is 0. The summed E-state index contributed by atoms with van der Waals surface area (Å²) in [5.74, 6) is -0.875. The van der Waals surface area contributed by atoms with Gasteiger partial charge in [-0.1, -0.05) is 218 Å². The molecular weight excluding hydrogens is 745 g/mol. The van der Waals surface area contributed by atoms with Crippen LogP contribution in [0.4, 0.5) is 0 Å². The van der Waals surface area contributed by atoms with E-state index in [1.54, 1.807) is 0 Å². The molecule has 0 radical (unpaired) electrons. The maximum absolute atomic E-state index is 12.8. The molecule has 0 saturated carbocycles. The molecule has 1 atom stereocenters. The molecule has 0 spiro atoms. The van der Waals surface area contributed by atoms with E-state index in [9.17, 15) is 14.4 Å². The Morgan fingerprint density at radius 2 is 0.550 bits per heavy atom. The first-order valence-corrected chi connectivity index (χ1v) is 26.3. The Bertz CT molecular complexity index is 973. The lowest BCUT2D eigenvalue weighted by Gasteiger charge is -2.18. The van der Waals surface area contributed by atoms with E-state index in [-0.39, 0.29) is 31.1 Å². The van der Waals surface area contributed by atoms with E-state index in [1.807, 2.05) is 0 Å². The van der Waals surface area contributed by atoms with Crippen molar-refractivity contribution in [1.29, 1.82) is 0 Å². The summed E-state index contributed by atoms with van der Waals surface area (Å²) in [7, 11) is 0. The number of esters is 3. The smallest absolute Gasteiger partial charge is 0.306 e. The third-order valence-electron chi connectivity index (χ3n) is 11.7. The van der Waals surface area contributed by atoms with Gasteiger partial charge in [-0.25, -0.2) is 0 Å². The molecule has 60 heavy (non-hydrogen) atoms. The molecule has 0 aliphatic heterocycles. The summed E-state index contributed by atoms with van der Waals surface area (Å²) in [5, 5.41) is 0. The van der Waals surface area contributed by atoms with E-state index in [2.05, 4.69) is 45.1 Å². The second-order valence-electron chi connectivity index (χ2n) is 17.8. The van der Waals surface area contributed by atoms with E-state index < -0.39 is 6.10 Å². The summed E-state index contributed by atoms with van der Waals surface area (Å²) < 4.78 is 16.8. The van der Waals surface area contributed by atoms with Crippen LogP contribution in [0.5, 0.6) is 0 Å². The fourth-order valence-electron chi connectivity index (χ4n) is 7.67. The van der Waals surface area contributed by atoms with Crippen molar-refractivity contribution in [2.45, 2.75) is 290 Å². The molecule has 0 bridgehead atoms. The Morgan fingerprint density at radius 1 is 0.317 bits per heavy atom. The number of carbonyl (C=O) groups is 3. The normalized spacial score (nSPS) is 12.1. The zero-order chi connectivity index (χ0) is 43.7. The monoisotopic (exact) mass is 845 g/mol. The minimum Gasteiger partial charge on any atom is -0.462 e. The van der Waals surface area contributed by atoms with Gasteiger partial charge in [-0.15, -0.1) is 0 Å². The molecule has 0 saturated heterocycles. The van der Waals surface area contributed by atoms with Gasteiger partial charge in [0.2, 0.25) is 0 Å². The van der Waals surface area contributed by atoms with Crippen LogP contribution in [0.15, 0.2) is 24.3 Å². The predicted molar refractivity (Wildman–Crippen MR) is 256 cm³/mol. The summed E-state index contributed by atoms with van der Waals surface area (Å²) in [5.41, 5.74) is 0. The first kappa shape index (κ1) is 57.9. The number of unbranched alkanes of at least 4 members (excludes halogenated alkanes) is 33. The van der Waals surface area contributed by atoms with E-state index in [0.29, 0.717) is 19.3 Å². The van der Waals surface area contributed by atoms with Crippen LogP contribution >= 0.6 is 0 Å². The highest BCUT2D eigenvalue weighted by Crippen LogP contribution is 2.15. The maximum atomic E-state index is 12.8. The molecule has 6 heteroatoms. The van der Waals surface area contributed by atoms with Crippen LogP contribution in [0.25, 0.3) is 0 Å². The molecule has 0 aromatic carbocycles. The number of ether oxygens (including phenoxy) is 3. The Kier molecular flexibility index (Phi) is 47.8. The van der Waals surface area contributed by atoms with Crippen molar-refractivity contribution in [2.75, 3.05) is 13.2 Å². The van der Waals surface area contributed by atoms with Crippen LogP contribution < -0.4 is 0 Å². The Labute approximate surface area is 373 Å². The zero-order valence-corrected chi connectivity index (χ0v) is 40.2. The van der Waals surface area contributed by atoms with E-state index in [1.165, 1.54) is 180 Å². The van der Waals surface area contributed by atoms with Crippen LogP contribution in [0.2, 0.25) is 0 Å². The first-order valence-electron chi connectivity index (χ1n) is 26.3. The second kappa shape index (κ2) is 49.5. The van der Waals surface area contributed by atoms with Gasteiger partial charge < -0.3 is 14.2 Å². The van der Waals surface area contributed by atoms with Crippen LogP contribution in [-0.2, 0) is 28.6 Å². The maximum Gasteiger partial charge on any atom is 0.306 e. The van der Waals surface area contributed by atoms with Crippen molar-refractivity contribution in [1.82, 2.24) is 0 Å². The van der Waals surface area contributed by atoms with E-state index in [0.717, 1.165) is 64.2 Å². The van der Waals surface area contributed by atoms with E-state index >= 15 is 0 Å². The molecular formula is C54H100O6. The van der Waals surface area contributed by atoms with Crippen molar-refractivity contribution in [2.24, 2.45) is 0 Å². The highest BCUT2D eigenvalue weighted by molar-refractivity contribution is 5.71. The predicted octanol–water partition coefficient (Wildman–Crippen LogP) is 17.2. The lowest BCUT2D eigenvalue weighted by molar-refractivity contribution is -0.167. The van der Waals surface area contributed by atoms with Gasteiger partial charge in [-0.3, -0.25) is 14.4 Å². The van der Waals surface area contributed by atoms with Gasteiger partial charge in [-0.05, 0) is 70.6 Å². The molecule has 0 aromatic rings. The lowest BCUT2D eigenvalue weighted by atomic mass is 10.1. The quantitative estimate of drug-likeness (QED) is 0.0263. The lowest BCUT2D eigenvalue weighted by Crippen LogP contribution is -2.30. The fraction of sp³-hybridized carbons (Fsp3) is 0.870. The largest absolute Gasteiger partial charge is 0.462 e. The highest BCUT2D eigenvalue weighted by atomic mass is 16.6. The van der Waals surface area contributed by atoms with Crippen LogP contribution in [0.1, 0.15) is 284 Å². The Morgan fingerprint density at radius 3 is 0.833 bits per heavy atom. The van der Waals surface area contributed by atoms with Gasteiger partial charge >= 0.3 is 17.9 Å². The fourth-order valence-corrected chi connectivity index (χ4v) is 7.67. The molecule has 1 unspecified atom stereocenters. The Hall–Kier alpha value is -2.11. The zero-order valence-electron chi connectivity index (χ0n) is 40.2. The third-order valence-corrected chi connectivity index (χ3v) is 11.7. The molecule has 0 amide bonds. The number of carbonyl (C=O) groups excluding carboxylic acids is 3. The van der Waals surface area contributed by atoms with Crippen molar-refractivity contribution in [3.63, 3.8) is 0 Å². The highest BCUT2D eigenvalue weighted by Gasteiger charge is 2.19. The van der Waals surface area contributed by atoms with Crippen LogP contribution in [-0.4, -0.2) is 37.2 Å². The summed E-state index contributed by atoms with van der Waals surface area (Å²) in [6.07, 6.45) is 55.9. The average Bonchev–Trinajstić information content (AvgIpc) is 3.24. The second-order valence-corrected chi connectivity index (χ2v) is 17.8. The molecule has 0 N–H and O–H groups in total. The van der Waals surface area contributed by atoms with Crippen LogP contribution in [0.3, 0.4) is 0 Å². The van der Waals surface area contributed by atoms with Gasteiger partial charge in [0, 0.05) is 19.3 Å². The van der Waals surface area contributed by atoms with Crippen molar-refractivity contribution in [3.8, 4) is 0 Å². The van der Waals surface area contributed by atoms with Crippen molar-refractivity contribution < 1.29 is 28.6 Å². The minimum atomic E-state index is -0.772. The Balaban J connectivity index is 4.31. The van der Waals surface area contributed by atoms with Gasteiger partial charge in [0.05, 0.1) is 0 Å². The first-order chi connectivity index (χ1) is 29.5. The molecule has 0 aromatic heterocycles. The van der Waals surface area contributed by atoms with Crippen LogP contribution in [0, 0.1) is 0 Å². The topological polar surface area (TPSA) is 78.9 Å².